The summed E-state index contributed by atoms with van der Waals surface area (Å²) in [5, 5.41) is 0. The second-order valence-electron chi connectivity index (χ2n) is 2.86. The summed E-state index contributed by atoms with van der Waals surface area (Å²) in [7, 11) is 2.04. The average molecular weight is 154 g/mol. The van der Waals surface area contributed by atoms with Crippen molar-refractivity contribution in [1.29, 1.82) is 0 Å². The van der Waals surface area contributed by atoms with Crippen molar-refractivity contribution in [2.24, 2.45) is 5.73 Å². The molecule has 1 heterocycles. The Kier molecular flexibility index (Phi) is 2.89. The minimum Gasteiger partial charge on any atom is -0.373 e. The van der Waals surface area contributed by atoms with Crippen LogP contribution in [0.15, 0.2) is 0 Å². The zero-order valence-electron chi connectivity index (χ0n) is 6.79. The highest BCUT2D eigenvalue weighted by Gasteiger charge is 2.22. The van der Waals surface area contributed by atoms with Crippen LogP contribution in [-0.4, -0.2) is 43.8 Å². The summed E-state index contributed by atoms with van der Waals surface area (Å²) in [6, 6.07) is -0.266. The van der Waals surface area contributed by atoms with Gasteiger partial charge >= 0.3 is 0 Å². The molecule has 11 heavy (non-hydrogen) atoms. The Morgan fingerprint density at radius 3 is 3.09 bits per heavy atom. The summed E-state index contributed by atoms with van der Waals surface area (Å²) in [6.45, 7) is 2.54. The van der Waals surface area contributed by atoms with Crippen LogP contribution in [-0.2, 0) is 4.74 Å². The molecular weight excluding hydrogens is 140 g/mol. The van der Waals surface area contributed by atoms with E-state index in [-0.39, 0.29) is 12.1 Å². The summed E-state index contributed by atoms with van der Waals surface area (Å²) in [5.74, 6) is 2.48. The van der Waals surface area contributed by atoms with Gasteiger partial charge in [0, 0.05) is 13.1 Å². The first kappa shape index (κ1) is 8.54. The molecule has 0 bridgehead atoms. The van der Waals surface area contributed by atoms with Crippen molar-refractivity contribution in [1.82, 2.24) is 4.90 Å². The quantitative estimate of drug-likeness (QED) is 0.506. The van der Waals surface area contributed by atoms with Gasteiger partial charge in [0.2, 0.25) is 0 Å². The Bertz CT molecular complexity index is 164. The van der Waals surface area contributed by atoms with E-state index in [1.807, 2.05) is 7.05 Å². The topological polar surface area (TPSA) is 38.5 Å². The molecule has 3 heteroatoms. The van der Waals surface area contributed by atoms with E-state index >= 15 is 0 Å². The highest BCUT2D eigenvalue weighted by Crippen LogP contribution is 2.04. The largest absolute Gasteiger partial charge is 0.373 e. The van der Waals surface area contributed by atoms with Gasteiger partial charge in [0.05, 0.1) is 18.8 Å². The fourth-order valence-corrected chi connectivity index (χ4v) is 1.14. The normalized spacial score (nSPS) is 29.4. The van der Waals surface area contributed by atoms with Crippen LogP contribution in [0, 0.1) is 12.3 Å². The smallest absolute Gasteiger partial charge is 0.0965 e. The second kappa shape index (κ2) is 3.72. The maximum Gasteiger partial charge on any atom is 0.0965 e. The fourth-order valence-electron chi connectivity index (χ4n) is 1.14. The third-order valence-corrected chi connectivity index (χ3v) is 1.89. The fraction of sp³-hybridized carbons (Fsp3) is 0.750. The van der Waals surface area contributed by atoms with Gasteiger partial charge in [-0.25, -0.2) is 0 Å². The second-order valence-corrected chi connectivity index (χ2v) is 2.86. The summed E-state index contributed by atoms with van der Waals surface area (Å²) < 4.78 is 5.39. The van der Waals surface area contributed by atoms with Crippen molar-refractivity contribution >= 4 is 0 Å². The van der Waals surface area contributed by atoms with Gasteiger partial charge in [-0.2, -0.15) is 0 Å². The summed E-state index contributed by atoms with van der Waals surface area (Å²) in [5.41, 5.74) is 5.62. The zero-order chi connectivity index (χ0) is 8.27. The standard InChI is InChI=1S/C8H14N2O/c1-3-7(9)8-6-10(2)4-5-11-8/h1,7-8H,4-6,9H2,2H3. The Morgan fingerprint density at radius 2 is 2.55 bits per heavy atom. The van der Waals surface area contributed by atoms with Gasteiger partial charge in [0.1, 0.15) is 0 Å². The molecule has 0 aromatic heterocycles. The lowest BCUT2D eigenvalue weighted by atomic mass is 10.1. The molecule has 1 rings (SSSR count). The molecule has 2 N–H and O–H groups in total. The number of nitrogens with two attached hydrogens (primary N) is 1. The molecular formula is C8H14N2O. The van der Waals surface area contributed by atoms with Gasteiger partial charge < -0.3 is 15.4 Å². The highest BCUT2D eigenvalue weighted by molar-refractivity contribution is 5.02. The van der Waals surface area contributed by atoms with Crippen molar-refractivity contribution in [2.45, 2.75) is 12.1 Å². The molecule has 2 atom stereocenters. The van der Waals surface area contributed by atoms with Crippen LogP contribution in [0.5, 0.6) is 0 Å². The molecule has 0 radical (unpaired) electrons. The molecule has 1 fully saturated rings. The zero-order valence-corrected chi connectivity index (χ0v) is 6.79. The van der Waals surface area contributed by atoms with E-state index in [1.54, 1.807) is 0 Å². The first-order valence-electron chi connectivity index (χ1n) is 3.76. The number of morpholine rings is 1. The molecule has 3 nitrogen and oxygen atoms in total. The van der Waals surface area contributed by atoms with Crippen molar-refractivity contribution in [3.05, 3.63) is 0 Å². The summed E-state index contributed by atoms with van der Waals surface area (Å²) in [4.78, 5) is 2.17. The van der Waals surface area contributed by atoms with E-state index in [0.29, 0.717) is 0 Å². The van der Waals surface area contributed by atoms with Crippen molar-refractivity contribution in [3.8, 4) is 12.3 Å². The summed E-state index contributed by atoms with van der Waals surface area (Å²) in [6.07, 6.45) is 5.19. The molecule has 0 saturated carbocycles. The van der Waals surface area contributed by atoms with Gasteiger partial charge in [0.15, 0.2) is 0 Å². The monoisotopic (exact) mass is 154 g/mol. The Morgan fingerprint density at radius 1 is 1.82 bits per heavy atom. The molecule has 0 aromatic carbocycles. The molecule has 0 aromatic rings. The van der Waals surface area contributed by atoms with Crippen LogP contribution in [0.2, 0.25) is 0 Å². The van der Waals surface area contributed by atoms with E-state index in [0.717, 1.165) is 19.7 Å². The lowest BCUT2D eigenvalue weighted by molar-refractivity contribution is -0.0235. The summed E-state index contributed by atoms with van der Waals surface area (Å²) >= 11 is 0. The molecule has 0 aliphatic carbocycles. The molecule has 1 aliphatic rings. The van der Waals surface area contributed by atoms with Crippen LogP contribution >= 0.6 is 0 Å². The minimum absolute atomic E-state index is 0.0127. The molecule has 0 spiro atoms. The van der Waals surface area contributed by atoms with Crippen LogP contribution in [0.3, 0.4) is 0 Å². The van der Waals surface area contributed by atoms with Gasteiger partial charge in [-0.05, 0) is 7.05 Å². The van der Waals surface area contributed by atoms with E-state index in [4.69, 9.17) is 16.9 Å². The number of nitrogens with zero attached hydrogens (tertiary/aromatic N) is 1. The number of likely N-dealkylation sites (N-methyl/N-ethyl adjacent to an activating group) is 1. The van der Waals surface area contributed by atoms with Gasteiger partial charge in [-0.15, -0.1) is 6.42 Å². The Hall–Kier alpha value is -0.560. The van der Waals surface area contributed by atoms with Crippen molar-refractivity contribution in [3.63, 3.8) is 0 Å². The SMILES string of the molecule is C#CC(N)C1CN(C)CCO1. The number of terminal acetylenes is 1. The molecule has 1 aliphatic heterocycles. The van der Waals surface area contributed by atoms with Crippen LogP contribution in [0.25, 0.3) is 0 Å². The van der Waals surface area contributed by atoms with Crippen LogP contribution in [0.1, 0.15) is 0 Å². The van der Waals surface area contributed by atoms with Gasteiger partial charge in [-0.1, -0.05) is 5.92 Å². The lowest BCUT2D eigenvalue weighted by Gasteiger charge is -2.31. The van der Waals surface area contributed by atoms with Crippen molar-refractivity contribution < 1.29 is 4.74 Å². The van der Waals surface area contributed by atoms with Crippen LogP contribution in [0.4, 0.5) is 0 Å². The van der Waals surface area contributed by atoms with E-state index < -0.39 is 0 Å². The molecule has 1 saturated heterocycles. The maximum atomic E-state index is 5.62. The van der Waals surface area contributed by atoms with E-state index in [9.17, 15) is 0 Å². The molecule has 62 valence electrons. The van der Waals surface area contributed by atoms with E-state index in [1.165, 1.54) is 0 Å². The third kappa shape index (κ3) is 2.19. The molecule has 2 unspecified atom stereocenters. The number of rotatable bonds is 1. The first-order chi connectivity index (χ1) is 5.24. The Balaban J connectivity index is 2.40. The van der Waals surface area contributed by atoms with Gasteiger partial charge in [0.25, 0.3) is 0 Å². The van der Waals surface area contributed by atoms with Gasteiger partial charge in [-0.3, -0.25) is 0 Å². The lowest BCUT2D eigenvalue weighted by Crippen LogP contribution is -2.48. The Labute approximate surface area is 67.5 Å². The number of hydrogen-bond donors (Lipinski definition) is 1. The number of hydrogen-bond acceptors (Lipinski definition) is 3. The average Bonchev–Trinajstić information content (AvgIpc) is 2.03. The van der Waals surface area contributed by atoms with E-state index in [2.05, 4.69) is 10.8 Å². The molecule has 0 amide bonds. The van der Waals surface area contributed by atoms with Crippen LogP contribution < -0.4 is 5.73 Å². The number of ether oxygens (including phenoxy) is 1. The highest BCUT2D eigenvalue weighted by atomic mass is 16.5. The third-order valence-electron chi connectivity index (χ3n) is 1.89. The van der Waals surface area contributed by atoms with Crippen molar-refractivity contribution in [2.75, 3.05) is 26.7 Å². The minimum atomic E-state index is -0.266. The first-order valence-corrected chi connectivity index (χ1v) is 3.76. The maximum absolute atomic E-state index is 5.62. The predicted molar refractivity (Wildman–Crippen MR) is 44.0 cm³/mol. The predicted octanol–water partition coefficient (Wildman–Crippen LogP) is -0.722.